The molecule has 1 aliphatic carbocycles. The van der Waals surface area contributed by atoms with E-state index in [1.807, 2.05) is 0 Å². The normalized spacial score (nSPS) is 22.0. The highest BCUT2D eigenvalue weighted by Gasteiger charge is 2.27. The Morgan fingerprint density at radius 3 is 2.60 bits per heavy atom. The summed E-state index contributed by atoms with van der Waals surface area (Å²) in [5.74, 6) is -4.00. The summed E-state index contributed by atoms with van der Waals surface area (Å²) in [5, 5.41) is 2.57. The van der Waals surface area contributed by atoms with E-state index in [1.54, 1.807) is 0 Å². The quantitative estimate of drug-likeness (QED) is 0.669. The van der Waals surface area contributed by atoms with Crippen molar-refractivity contribution in [2.45, 2.75) is 19.3 Å². The predicted octanol–water partition coefficient (Wildman–Crippen LogP) is 3.49. The largest absolute Gasteiger partial charge is 0.352 e. The first-order valence-corrected chi connectivity index (χ1v) is 7.05. The fourth-order valence-electron chi connectivity index (χ4n) is 2.61. The van der Waals surface area contributed by atoms with E-state index in [2.05, 4.69) is 5.32 Å². The van der Waals surface area contributed by atoms with Crippen LogP contribution in [0.5, 0.6) is 0 Å². The monoisotopic (exact) mass is 305 g/mol. The van der Waals surface area contributed by atoms with Crippen molar-refractivity contribution in [3.05, 3.63) is 35.1 Å². The fourth-order valence-corrected chi connectivity index (χ4v) is 3.01. The predicted molar refractivity (Wildman–Crippen MR) is 70.2 cm³/mol. The SMILES string of the molecule is O=C(NCC1CCCC1CCl)c1ccc(F)c(F)c1F. The number of halogens is 4. The van der Waals surface area contributed by atoms with Gasteiger partial charge in [-0.1, -0.05) is 6.42 Å². The molecule has 0 radical (unpaired) electrons. The van der Waals surface area contributed by atoms with Gasteiger partial charge in [0, 0.05) is 12.4 Å². The number of nitrogens with one attached hydrogen (secondary N) is 1. The Morgan fingerprint density at radius 2 is 1.90 bits per heavy atom. The van der Waals surface area contributed by atoms with Gasteiger partial charge in [-0.05, 0) is 36.8 Å². The average Bonchev–Trinajstić information content (AvgIpc) is 2.90. The minimum Gasteiger partial charge on any atom is -0.352 e. The third-order valence-corrected chi connectivity index (χ3v) is 4.22. The zero-order valence-electron chi connectivity index (χ0n) is 10.8. The standard InChI is InChI=1S/C14H15ClF3NO/c15-6-8-2-1-3-9(8)7-19-14(20)10-4-5-11(16)13(18)12(10)17/h4-5,8-9H,1-3,6-7H2,(H,19,20). The van der Waals surface area contributed by atoms with Crippen LogP contribution in [0.25, 0.3) is 0 Å². The molecule has 110 valence electrons. The van der Waals surface area contributed by atoms with Crippen LogP contribution in [0, 0.1) is 29.3 Å². The summed E-state index contributed by atoms with van der Waals surface area (Å²) in [6, 6.07) is 1.68. The Balaban J connectivity index is 2.00. The molecule has 2 unspecified atom stereocenters. The molecule has 20 heavy (non-hydrogen) atoms. The van der Waals surface area contributed by atoms with E-state index in [9.17, 15) is 18.0 Å². The molecular formula is C14H15ClF3NO. The van der Waals surface area contributed by atoms with E-state index in [-0.39, 0.29) is 5.92 Å². The summed E-state index contributed by atoms with van der Waals surface area (Å²) in [6.45, 7) is 0.370. The van der Waals surface area contributed by atoms with Crippen LogP contribution in [0.3, 0.4) is 0 Å². The molecule has 0 saturated heterocycles. The second-order valence-corrected chi connectivity index (χ2v) is 5.35. The molecular weight excluding hydrogens is 291 g/mol. The number of carbonyl (C=O) groups is 1. The van der Waals surface area contributed by atoms with Crippen LogP contribution in [0.15, 0.2) is 12.1 Å². The maximum Gasteiger partial charge on any atom is 0.254 e. The van der Waals surface area contributed by atoms with Gasteiger partial charge in [-0.3, -0.25) is 4.79 Å². The molecule has 1 aliphatic rings. The van der Waals surface area contributed by atoms with Crippen molar-refractivity contribution in [2.24, 2.45) is 11.8 Å². The summed E-state index contributed by atoms with van der Waals surface area (Å²) >= 11 is 5.83. The highest BCUT2D eigenvalue weighted by atomic mass is 35.5. The Hall–Kier alpha value is -1.23. The fraction of sp³-hybridized carbons (Fsp3) is 0.500. The summed E-state index contributed by atoms with van der Waals surface area (Å²) in [5.41, 5.74) is -0.482. The summed E-state index contributed by atoms with van der Waals surface area (Å²) < 4.78 is 39.3. The van der Waals surface area contributed by atoms with Crippen molar-refractivity contribution < 1.29 is 18.0 Å². The van der Waals surface area contributed by atoms with E-state index in [0.29, 0.717) is 18.3 Å². The molecule has 1 amide bonds. The molecule has 0 aromatic heterocycles. The first-order valence-electron chi connectivity index (χ1n) is 6.52. The molecule has 6 heteroatoms. The van der Waals surface area contributed by atoms with Gasteiger partial charge in [0.25, 0.3) is 5.91 Å². The first-order chi connectivity index (χ1) is 9.54. The summed E-state index contributed by atoms with van der Waals surface area (Å²) in [4.78, 5) is 11.8. The first kappa shape index (κ1) is 15.2. The number of amides is 1. The van der Waals surface area contributed by atoms with Gasteiger partial charge in [0.2, 0.25) is 0 Å². The van der Waals surface area contributed by atoms with E-state index in [4.69, 9.17) is 11.6 Å². The maximum absolute atomic E-state index is 13.5. The second kappa shape index (κ2) is 6.48. The van der Waals surface area contributed by atoms with Gasteiger partial charge in [-0.2, -0.15) is 0 Å². The molecule has 0 aliphatic heterocycles. The average molecular weight is 306 g/mol. The van der Waals surface area contributed by atoms with E-state index in [0.717, 1.165) is 31.4 Å². The Labute approximate surface area is 120 Å². The van der Waals surface area contributed by atoms with Gasteiger partial charge in [0.15, 0.2) is 17.5 Å². The van der Waals surface area contributed by atoms with Crippen LogP contribution in [-0.4, -0.2) is 18.3 Å². The molecule has 0 heterocycles. The summed E-state index contributed by atoms with van der Waals surface area (Å²) in [6.07, 6.45) is 3.03. The Morgan fingerprint density at radius 1 is 1.20 bits per heavy atom. The van der Waals surface area contributed by atoms with Crippen LogP contribution in [-0.2, 0) is 0 Å². The number of hydrogen-bond donors (Lipinski definition) is 1. The third kappa shape index (κ3) is 3.08. The number of alkyl halides is 1. The van der Waals surface area contributed by atoms with Crippen molar-refractivity contribution in [3.63, 3.8) is 0 Å². The zero-order chi connectivity index (χ0) is 14.7. The number of hydrogen-bond acceptors (Lipinski definition) is 1. The molecule has 2 atom stereocenters. The van der Waals surface area contributed by atoms with Gasteiger partial charge < -0.3 is 5.32 Å². The molecule has 1 fully saturated rings. The van der Waals surface area contributed by atoms with Crippen molar-refractivity contribution in [2.75, 3.05) is 12.4 Å². The molecule has 1 aromatic rings. The second-order valence-electron chi connectivity index (χ2n) is 5.04. The van der Waals surface area contributed by atoms with Gasteiger partial charge in [-0.25, -0.2) is 13.2 Å². The highest BCUT2D eigenvalue weighted by molar-refractivity contribution is 6.18. The van der Waals surface area contributed by atoms with Crippen molar-refractivity contribution in [3.8, 4) is 0 Å². The lowest BCUT2D eigenvalue weighted by atomic mass is 9.98. The molecule has 0 spiro atoms. The number of carbonyl (C=O) groups excluding carboxylic acids is 1. The lowest BCUT2D eigenvalue weighted by Crippen LogP contribution is -2.32. The lowest BCUT2D eigenvalue weighted by Gasteiger charge is -2.17. The minimum atomic E-state index is -1.63. The molecule has 1 saturated carbocycles. The third-order valence-electron chi connectivity index (χ3n) is 3.82. The topological polar surface area (TPSA) is 29.1 Å². The zero-order valence-corrected chi connectivity index (χ0v) is 11.5. The molecule has 1 N–H and O–H groups in total. The molecule has 1 aromatic carbocycles. The molecule has 2 rings (SSSR count). The van der Waals surface area contributed by atoms with Crippen LogP contribution in [0.1, 0.15) is 29.6 Å². The van der Waals surface area contributed by atoms with E-state index < -0.39 is 28.9 Å². The van der Waals surface area contributed by atoms with E-state index in [1.165, 1.54) is 0 Å². The van der Waals surface area contributed by atoms with E-state index >= 15 is 0 Å². The van der Waals surface area contributed by atoms with Crippen molar-refractivity contribution >= 4 is 17.5 Å². The number of benzene rings is 1. The van der Waals surface area contributed by atoms with Crippen molar-refractivity contribution in [1.29, 1.82) is 0 Å². The van der Waals surface area contributed by atoms with Gasteiger partial charge in [0.1, 0.15) is 0 Å². The summed E-state index contributed by atoms with van der Waals surface area (Å²) in [7, 11) is 0. The highest BCUT2D eigenvalue weighted by Crippen LogP contribution is 2.32. The number of rotatable bonds is 4. The molecule has 0 bridgehead atoms. The molecule has 2 nitrogen and oxygen atoms in total. The maximum atomic E-state index is 13.5. The minimum absolute atomic E-state index is 0.254. The van der Waals surface area contributed by atoms with Gasteiger partial charge in [-0.15, -0.1) is 11.6 Å². The van der Waals surface area contributed by atoms with Crippen molar-refractivity contribution in [1.82, 2.24) is 5.32 Å². The lowest BCUT2D eigenvalue weighted by molar-refractivity contribution is 0.0939. The van der Waals surface area contributed by atoms with Gasteiger partial charge in [0.05, 0.1) is 5.56 Å². The van der Waals surface area contributed by atoms with Crippen LogP contribution in [0.2, 0.25) is 0 Å². The van der Waals surface area contributed by atoms with Crippen LogP contribution in [0.4, 0.5) is 13.2 Å². The van der Waals surface area contributed by atoms with Gasteiger partial charge >= 0.3 is 0 Å². The van der Waals surface area contributed by atoms with Crippen LogP contribution >= 0.6 is 11.6 Å². The smallest absolute Gasteiger partial charge is 0.254 e. The Bertz CT molecular complexity index is 509. The van der Waals surface area contributed by atoms with Crippen LogP contribution < -0.4 is 5.32 Å². The Kier molecular flexibility index (Phi) is 4.91.